The van der Waals surface area contributed by atoms with E-state index in [2.05, 4.69) is 5.32 Å². The molecule has 0 unspecified atom stereocenters. The first-order valence-corrected chi connectivity index (χ1v) is 15.3. The highest BCUT2D eigenvalue weighted by Gasteiger charge is 2.33. The minimum atomic E-state index is -4.10. The molecule has 1 N–H and O–H groups in total. The number of carbonyl (C=O) groups is 2. The van der Waals surface area contributed by atoms with Gasteiger partial charge in [-0.1, -0.05) is 62.7 Å². The first-order valence-electron chi connectivity index (χ1n) is 13.8. The van der Waals surface area contributed by atoms with Crippen LogP contribution in [0.3, 0.4) is 0 Å². The Morgan fingerprint density at radius 2 is 1.59 bits per heavy atom. The number of anilines is 1. The summed E-state index contributed by atoms with van der Waals surface area (Å²) in [7, 11) is -2.53. The number of hydrogen-bond acceptors (Lipinski definition) is 5. The molecule has 3 rings (SSSR count). The van der Waals surface area contributed by atoms with E-state index < -0.39 is 28.5 Å². The molecule has 9 heteroatoms. The molecule has 0 heterocycles. The molecule has 0 bridgehead atoms. The lowest BCUT2D eigenvalue weighted by atomic mass is 10.1. The monoisotopic (exact) mass is 579 g/mol. The Kier molecular flexibility index (Phi) is 10.9. The summed E-state index contributed by atoms with van der Waals surface area (Å²) in [6.45, 7) is 9.71. The molecule has 0 spiro atoms. The molecule has 0 radical (unpaired) electrons. The van der Waals surface area contributed by atoms with Crippen LogP contribution in [0.15, 0.2) is 77.7 Å². The van der Waals surface area contributed by atoms with Crippen LogP contribution >= 0.6 is 0 Å². The van der Waals surface area contributed by atoms with Gasteiger partial charge in [0.15, 0.2) is 0 Å². The van der Waals surface area contributed by atoms with Crippen molar-refractivity contribution in [3.05, 3.63) is 89.5 Å². The van der Waals surface area contributed by atoms with E-state index in [9.17, 15) is 18.0 Å². The summed E-state index contributed by atoms with van der Waals surface area (Å²) in [5, 5.41) is 2.94. The highest BCUT2D eigenvalue weighted by molar-refractivity contribution is 7.92. The number of benzene rings is 3. The van der Waals surface area contributed by atoms with Gasteiger partial charge in [0.2, 0.25) is 11.8 Å². The van der Waals surface area contributed by atoms with Crippen LogP contribution in [0.1, 0.15) is 43.9 Å². The Labute approximate surface area is 244 Å². The Morgan fingerprint density at radius 1 is 0.927 bits per heavy atom. The molecule has 0 aromatic heterocycles. The molecule has 3 aromatic rings. The van der Waals surface area contributed by atoms with E-state index in [1.54, 1.807) is 61.7 Å². The minimum Gasteiger partial charge on any atom is -0.497 e. The smallest absolute Gasteiger partial charge is 0.264 e. The number of nitrogens with one attached hydrogen (secondary N) is 1. The summed E-state index contributed by atoms with van der Waals surface area (Å²) < 4.78 is 34.3. The predicted octanol–water partition coefficient (Wildman–Crippen LogP) is 5.09. The van der Waals surface area contributed by atoms with E-state index in [1.165, 1.54) is 4.90 Å². The van der Waals surface area contributed by atoms with Crippen LogP contribution in [-0.2, 0) is 26.2 Å². The molecule has 0 aliphatic rings. The summed E-state index contributed by atoms with van der Waals surface area (Å²) in [5.41, 5.74) is 2.94. The van der Waals surface area contributed by atoms with E-state index in [0.717, 1.165) is 21.0 Å². The molecule has 0 aliphatic heterocycles. The van der Waals surface area contributed by atoms with Gasteiger partial charge in [0, 0.05) is 13.1 Å². The zero-order valence-electron chi connectivity index (χ0n) is 24.8. The molecule has 1 atom stereocenters. The van der Waals surface area contributed by atoms with Crippen LogP contribution in [0.2, 0.25) is 0 Å². The number of nitrogens with zero attached hydrogens (tertiary/aromatic N) is 2. The first-order chi connectivity index (χ1) is 19.5. The van der Waals surface area contributed by atoms with Crippen LogP contribution in [0, 0.1) is 19.8 Å². The third-order valence-corrected chi connectivity index (χ3v) is 8.55. The van der Waals surface area contributed by atoms with Gasteiger partial charge in [-0.25, -0.2) is 8.42 Å². The van der Waals surface area contributed by atoms with Gasteiger partial charge in [0.1, 0.15) is 18.3 Å². The van der Waals surface area contributed by atoms with Crippen molar-refractivity contribution in [2.45, 2.75) is 58.5 Å². The third kappa shape index (κ3) is 8.33. The number of amides is 2. The quantitative estimate of drug-likeness (QED) is 0.305. The highest BCUT2D eigenvalue weighted by Crippen LogP contribution is 2.26. The number of methoxy groups -OCH3 is 1. The largest absolute Gasteiger partial charge is 0.497 e. The zero-order valence-corrected chi connectivity index (χ0v) is 25.6. The predicted molar refractivity (Wildman–Crippen MR) is 162 cm³/mol. The third-order valence-electron chi connectivity index (χ3n) is 6.76. The lowest BCUT2D eigenvalue weighted by Crippen LogP contribution is -2.52. The Hall–Kier alpha value is -3.85. The van der Waals surface area contributed by atoms with Gasteiger partial charge in [-0.05, 0) is 73.7 Å². The molecule has 0 saturated heterocycles. The molecular weight excluding hydrogens is 538 g/mol. The summed E-state index contributed by atoms with van der Waals surface area (Å²) >= 11 is 0. The number of hydrogen-bond donors (Lipinski definition) is 1. The fraction of sp³-hybridized carbons (Fsp3) is 0.375. The average molecular weight is 580 g/mol. The van der Waals surface area contributed by atoms with Gasteiger partial charge < -0.3 is 15.0 Å². The molecule has 220 valence electrons. The van der Waals surface area contributed by atoms with E-state index in [4.69, 9.17) is 4.74 Å². The van der Waals surface area contributed by atoms with Gasteiger partial charge in [0.25, 0.3) is 10.0 Å². The second-order valence-corrected chi connectivity index (χ2v) is 12.5. The molecule has 3 aromatic carbocycles. The van der Waals surface area contributed by atoms with Gasteiger partial charge in [-0.3, -0.25) is 13.9 Å². The Bertz CT molecular complexity index is 1420. The molecular formula is C32H41N3O5S. The fourth-order valence-electron chi connectivity index (χ4n) is 4.42. The van der Waals surface area contributed by atoms with E-state index >= 15 is 0 Å². The number of ether oxygens (including phenoxy) is 1. The van der Waals surface area contributed by atoms with Crippen LogP contribution in [0.4, 0.5) is 5.69 Å². The van der Waals surface area contributed by atoms with Crippen molar-refractivity contribution in [1.82, 2.24) is 10.2 Å². The maximum atomic E-state index is 14.1. The number of carbonyl (C=O) groups excluding carboxylic acids is 2. The fourth-order valence-corrected chi connectivity index (χ4v) is 5.82. The van der Waals surface area contributed by atoms with Crippen LogP contribution in [0.5, 0.6) is 5.75 Å². The van der Waals surface area contributed by atoms with Crippen molar-refractivity contribution in [1.29, 1.82) is 0 Å². The van der Waals surface area contributed by atoms with Crippen molar-refractivity contribution in [3.63, 3.8) is 0 Å². The Morgan fingerprint density at radius 3 is 2.15 bits per heavy atom. The molecule has 8 nitrogen and oxygen atoms in total. The highest BCUT2D eigenvalue weighted by atomic mass is 32.2. The molecule has 0 fully saturated rings. The van der Waals surface area contributed by atoms with Gasteiger partial charge in [-0.15, -0.1) is 0 Å². The second kappa shape index (κ2) is 14.2. The van der Waals surface area contributed by atoms with Gasteiger partial charge in [0.05, 0.1) is 17.7 Å². The summed E-state index contributed by atoms with van der Waals surface area (Å²) in [6.07, 6.45) is 0.362. The van der Waals surface area contributed by atoms with Crippen molar-refractivity contribution in [3.8, 4) is 5.75 Å². The number of aryl methyl sites for hydroxylation is 2. The maximum Gasteiger partial charge on any atom is 0.264 e. The minimum absolute atomic E-state index is 0.0841. The van der Waals surface area contributed by atoms with Crippen LogP contribution in [-0.4, -0.2) is 51.4 Å². The number of sulfonamides is 1. The summed E-state index contributed by atoms with van der Waals surface area (Å²) in [5.74, 6) is 0.151. The van der Waals surface area contributed by atoms with Crippen LogP contribution < -0.4 is 14.4 Å². The first kappa shape index (κ1) is 31.7. The molecule has 0 aliphatic carbocycles. The average Bonchev–Trinajstić information content (AvgIpc) is 2.95. The molecule has 0 saturated carbocycles. The maximum absolute atomic E-state index is 14.1. The van der Waals surface area contributed by atoms with Crippen molar-refractivity contribution < 1.29 is 22.7 Å². The zero-order chi connectivity index (χ0) is 30.2. The normalized spacial score (nSPS) is 12.1. The lowest BCUT2D eigenvalue weighted by molar-refractivity contribution is -0.140. The summed E-state index contributed by atoms with van der Waals surface area (Å²) in [4.78, 5) is 29.0. The van der Waals surface area contributed by atoms with Crippen molar-refractivity contribution >= 4 is 27.5 Å². The van der Waals surface area contributed by atoms with Crippen molar-refractivity contribution in [2.75, 3.05) is 24.5 Å². The summed E-state index contributed by atoms with van der Waals surface area (Å²) in [6, 6.07) is 20.0. The second-order valence-electron chi connectivity index (χ2n) is 10.6. The topological polar surface area (TPSA) is 96.0 Å². The van der Waals surface area contributed by atoms with Gasteiger partial charge in [-0.2, -0.15) is 0 Å². The van der Waals surface area contributed by atoms with Crippen molar-refractivity contribution in [2.24, 2.45) is 5.92 Å². The van der Waals surface area contributed by atoms with E-state index in [0.29, 0.717) is 24.4 Å². The Balaban J connectivity index is 2.04. The lowest BCUT2D eigenvalue weighted by Gasteiger charge is -2.33. The number of rotatable bonds is 13. The molecule has 41 heavy (non-hydrogen) atoms. The van der Waals surface area contributed by atoms with E-state index in [-0.39, 0.29) is 23.3 Å². The van der Waals surface area contributed by atoms with E-state index in [1.807, 2.05) is 52.8 Å². The van der Waals surface area contributed by atoms with Crippen LogP contribution in [0.25, 0.3) is 0 Å². The molecule has 2 amide bonds. The standard InChI is InChI=1S/C32H41N3O5S/c1-7-30(32(37)33-20-23(2)3)34(21-26-13-15-28(40-6)16-14-26)31(36)22-35(27-10-8-9-25(5)19-27)41(38,39)29-17-11-24(4)12-18-29/h8-19,23,30H,7,20-22H2,1-6H3,(H,33,37)/t30-/m1/s1. The van der Waals surface area contributed by atoms with Gasteiger partial charge >= 0.3 is 0 Å². The SMILES string of the molecule is CC[C@H](C(=O)NCC(C)C)N(Cc1ccc(OC)cc1)C(=O)CN(c1cccc(C)c1)S(=O)(=O)c1ccc(C)cc1.